The van der Waals surface area contributed by atoms with Crippen molar-refractivity contribution in [2.24, 2.45) is 5.73 Å². The van der Waals surface area contributed by atoms with Crippen molar-refractivity contribution in [3.05, 3.63) is 130 Å². The van der Waals surface area contributed by atoms with Crippen LogP contribution in [0.1, 0.15) is 39.4 Å². The van der Waals surface area contributed by atoms with Crippen LogP contribution in [0.5, 0.6) is 5.75 Å². The summed E-state index contributed by atoms with van der Waals surface area (Å²) in [5.41, 5.74) is 4.57. The second kappa shape index (κ2) is 14.4. The van der Waals surface area contributed by atoms with Gasteiger partial charge in [0.2, 0.25) is 5.91 Å². The molecule has 0 atom stereocenters. The lowest BCUT2D eigenvalue weighted by atomic mass is 9.90. The van der Waals surface area contributed by atoms with Crippen molar-refractivity contribution in [2.45, 2.75) is 29.3 Å². The Morgan fingerprint density at radius 1 is 0.902 bits per heavy atom. The van der Waals surface area contributed by atoms with Crippen molar-refractivity contribution in [3.8, 4) is 5.75 Å². The number of primary amides is 1. The van der Waals surface area contributed by atoms with Gasteiger partial charge in [0.25, 0.3) is 0 Å². The number of halogens is 4. The summed E-state index contributed by atoms with van der Waals surface area (Å²) in [6, 6.07) is 31.7. The van der Waals surface area contributed by atoms with E-state index in [0.717, 1.165) is 5.56 Å². The summed E-state index contributed by atoms with van der Waals surface area (Å²) < 4.78 is 44.3. The third-order valence-electron chi connectivity index (χ3n) is 6.50. The third kappa shape index (κ3) is 9.56. The number of nitrogens with zero attached hydrogens (tertiary/aromatic N) is 1. The minimum atomic E-state index is -4.32. The molecule has 0 saturated carbocycles. The number of carbonyl (C=O) groups is 1. The number of thioether (sulfide) groups is 1. The lowest BCUT2D eigenvalue weighted by Crippen LogP contribution is -2.30. The minimum Gasteiger partial charge on any atom is -0.492 e. The third-order valence-corrected chi connectivity index (χ3v) is 7.54. The number of nitrogens with two attached hydrogens (primary N) is 1. The van der Waals surface area contributed by atoms with Crippen LogP contribution < -0.4 is 10.5 Å². The molecule has 214 valence electrons. The molecule has 4 rings (SSSR count). The molecule has 4 nitrogen and oxygen atoms in total. The average molecular weight is 599 g/mol. The van der Waals surface area contributed by atoms with Crippen LogP contribution in [0.2, 0.25) is 5.02 Å². The Kier molecular flexibility index (Phi) is 10.7. The number of hydrogen-bond donors (Lipinski definition) is 1. The molecule has 0 saturated heterocycles. The Labute approximate surface area is 247 Å². The Hall–Kier alpha value is -3.46. The normalized spacial score (nSPS) is 11.7. The predicted molar refractivity (Wildman–Crippen MR) is 158 cm³/mol. The molecule has 0 heterocycles. The van der Waals surface area contributed by atoms with E-state index in [9.17, 15) is 18.0 Å². The van der Waals surface area contributed by atoms with E-state index in [1.165, 1.54) is 29.3 Å². The van der Waals surface area contributed by atoms with E-state index in [0.29, 0.717) is 49.0 Å². The smallest absolute Gasteiger partial charge is 0.446 e. The van der Waals surface area contributed by atoms with Crippen LogP contribution in [0.3, 0.4) is 0 Å². The molecule has 0 aliphatic heterocycles. The van der Waals surface area contributed by atoms with Crippen LogP contribution in [0, 0.1) is 0 Å². The molecule has 0 fully saturated rings. The Morgan fingerprint density at radius 2 is 1.51 bits per heavy atom. The summed E-state index contributed by atoms with van der Waals surface area (Å²) in [4.78, 5) is 13.8. The van der Waals surface area contributed by atoms with Crippen molar-refractivity contribution >= 4 is 29.3 Å². The highest BCUT2D eigenvalue weighted by atomic mass is 35.5. The van der Waals surface area contributed by atoms with Gasteiger partial charge in [0, 0.05) is 36.0 Å². The summed E-state index contributed by atoms with van der Waals surface area (Å²) in [5, 5.41) is 0.309. The van der Waals surface area contributed by atoms with Gasteiger partial charge < -0.3 is 10.5 Å². The topological polar surface area (TPSA) is 55.6 Å². The van der Waals surface area contributed by atoms with E-state index in [1.807, 2.05) is 36.4 Å². The largest absolute Gasteiger partial charge is 0.492 e. The summed E-state index contributed by atoms with van der Waals surface area (Å²) in [6.07, 6.45) is 0.673. The Bertz CT molecular complexity index is 1360. The zero-order chi connectivity index (χ0) is 29.2. The quantitative estimate of drug-likeness (QED) is 0.125. The number of hydrogen-bond acceptors (Lipinski definition) is 4. The van der Waals surface area contributed by atoms with Crippen LogP contribution in [-0.4, -0.2) is 36.0 Å². The van der Waals surface area contributed by atoms with Gasteiger partial charge in [-0.2, -0.15) is 13.2 Å². The van der Waals surface area contributed by atoms with E-state index >= 15 is 0 Å². The molecule has 0 aliphatic rings. The van der Waals surface area contributed by atoms with Gasteiger partial charge in [0.15, 0.2) is 0 Å². The fraction of sp³-hybridized carbons (Fsp3) is 0.219. The Morgan fingerprint density at radius 3 is 2.05 bits per heavy atom. The first-order valence-corrected chi connectivity index (χ1v) is 14.3. The maximum absolute atomic E-state index is 12.8. The predicted octanol–water partition coefficient (Wildman–Crippen LogP) is 8.15. The zero-order valence-electron chi connectivity index (χ0n) is 22.2. The van der Waals surface area contributed by atoms with Crippen molar-refractivity contribution in [1.29, 1.82) is 0 Å². The second-order valence-electron chi connectivity index (χ2n) is 9.51. The van der Waals surface area contributed by atoms with Crippen LogP contribution in [0.4, 0.5) is 13.2 Å². The lowest BCUT2D eigenvalue weighted by Gasteiger charge is -2.28. The van der Waals surface area contributed by atoms with E-state index < -0.39 is 11.4 Å². The highest BCUT2D eigenvalue weighted by molar-refractivity contribution is 8.00. The molecule has 9 heteroatoms. The molecule has 0 aromatic heterocycles. The van der Waals surface area contributed by atoms with Crippen LogP contribution in [-0.2, 0) is 6.54 Å². The number of ether oxygens (including phenoxy) is 1. The first-order chi connectivity index (χ1) is 19.7. The van der Waals surface area contributed by atoms with Crippen LogP contribution in [0.25, 0.3) is 0 Å². The zero-order valence-corrected chi connectivity index (χ0v) is 23.8. The molecule has 0 unspecified atom stereocenters. The van der Waals surface area contributed by atoms with Gasteiger partial charge in [-0.3, -0.25) is 9.69 Å². The van der Waals surface area contributed by atoms with Crippen molar-refractivity contribution in [1.82, 2.24) is 4.90 Å². The van der Waals surface area contributed by atoms with E-state index in [-0.39, 0.29) is 22.6 Å². The molecule has 1 amide bonds. The van der Waals surface area contributed by atoms with Gasteiger partial charge in [-0.15, -0.1) is 0 Å². The summed E-state index contributed by atoms with van der Waals surface area (Å²) in [5.74, 6) is -0.00732. The fourth-order valence-electron chi connectivity index (χ4n) is 4.56. The van der Waals surface area contributed by atoms with Crippen molar-refractivity contribution < 1.29 is 22.7 Å². The van der Waals surface area contributed by atoms with Gasteiger partial charge in [0.1, 0.15) is 5.75 Å². The average Bonchev–Trinajstić information content (AvgIpc) is 2.95. The summed E-state index contributed by atoms with van der Waals surface area (Å²) in [7, 11) is 0. The van der Waals surface area contributed by atoms with Gasteiger partial charge in [0.05, 0.1) is 11.6 Å². The maximum Gasteiger partial charge on any atom is 0.446 e. The van der Waals surface area contributed by atoms with Crippen LogP contribution in [0.15, 0.2) is 108 Å². The molecule has 0 spiro atoms. The first kappa shape index (κ1) is 30.5. The molecule has 0 aliphatic carbocycles. The number of rotatable bonds is 13. The maximum atomic E-state index is 12.8. The number of carbonyl (C=O) groups excluding carboxylic acids is 1. The number of amides is 1. The molecule has 2 N–H and O–H groups in total. The van der Waals surface area contributed by atoms with Gasteiger partial charge >= 0.3 is 5.51 Å². The van der Waals surface area contributed by atoms with Gasteiger partial charge in [-0.05, 0) is 65.2 Å². The first-order valence-electron chi connectivity index (χ1n) is 13.1. The molecule has 0 radical (unpaired) electrons. The number of alkyl halides is 3. The van der Waals surface area contributed by atoms with E-state index in [4.69, 9.17) is 22.1 Å². The standard InChI is InChI=1S/C32H30ClF3N2O2S/c33-29-20-26(31(37)39)14-17-30(29)40-19-7-18-38(21-23-12-15-27(16-13-23)41-32(34,35)36)22-28(24-8-3-1-4-9-24)25-10-5-2-6-11-25/h1-6,8-17,20,28H,7,18-19,21-22H2,(H2,37,39). The number of benzene rings is 4. The molecule has 4 aromatic carbocycles. The second-order valence-corrected chi connectivity index (χ2v) is 11.1. The highest BCUT2D eigenvalue weighted by Gasteiger charge is 2.29. The van der Waals surface area contributed by atoms with Gasteiger partial charge in [-0.1, -0.05) is 84.4 Å². The lowest BCUT2D eigenvalue weighted by molar-refractivity contribution is -0.0328. The van der Waals surface area contributed by atoms with Crippen molar-refractivity contribution in [3.63, 3.8) is 0 Å². The molecular weight excluding hydrogens is 569 g/mol. The summed E-state index contributed by atoms with van der Waals surface area (Å²) in [6.45, 7) is 2.31. The molecule has 0 bridgehead atoms. The highest BCUT2D eigenvalue weighted by Crippen LogP contribution is 2.37. The summed E-state index contributed by atoms with van der Waals surface area (Å²) >= 11 is 6.15. The van der Waals surface area contributed by atoms with Crippen LogP contribution >= 0.6 is 23.4 Å². The monoisotopic (exact) mass is 598 g/mol. The fourth-order valence-corrected chi connectivity index (χ4v) is 5.34. The SMILES string of the molecule is NC(=O)c1ccc(OCCCN(Cc2ccc(SC(F)(F)F)cc2)CC(c2ccccc2)c2ccccc2)c(Cl)c1. The molecular formula is C32H30ClF3N2O2S. The van der Waals surface area contributed by atoms with E-state index in [1.54, 1.807) is 24.3 Å². The Balaban J connectivity index is 1.49. The molecule has 41 heavy (non-hydrogen) atoms. The minimum absolute atomic E-state index is 0.0918. The van der Waals surface area contributed by atoms with E-state index in [2.05, 4.69) is 29.2 Å². The van der Waals surface area contributed by atoms with Gasteiger partial charge in [-0.25, -0.2) is 0 Å². The van der Waals surface area contributed by atoms with Crippen molar-refractivity contribution in [2.75, 3.05) is 19.7 Å². The molecule has 4 aromatic rings.